The van der Waals surface area contributed by atoms with E-state index in [1.807, 2.05) is 0 Å². The summed E-state index contributed by atoms with van der Waals surface area (Å²) in [6.45, 7) is 4.39. The molecule has 0 bridgehead atoms. The van der Waals surface area contributed by atoms with E-state index in [4.69, 9.17) is 4.74 Å². The maximum Gasteiger partial charge on any atom is 0.162 e. The summed E-state index contributed by atoms with van der Waals surface area (Å²) >= 11 is 0. The molecule has 0 aromatic heterocycles. The van der Waals surface area contributed by atoms with Crippen molar-refractivity contribution in [2.75, 3.05) is 7.11 Å². The molecule has 0 saturated heterocycles. The first kappa shape index (κ1) is 21.4. The van der Waals surface area contributed by atoms with E-state index < -0.39 is 7.26 Å². The van der Waals surface area contributed by atoms with Gasteiger partial charge in [-0.3, -0.25) is 0 Å². The number of methoxy groups -OCH3 is 1. The molecule has 0 spiro atoms. The van der Waals surface area contributed by atoms with E-state index in [9.17, 15) is 0 Å². The molecule has 5 aromatic carbocycles. The second-order valence-electron chi connectivity index (χ2n) is 8.56. The van der Waals surface area contributed by atoms with Crippen LogP contribution in [0.15, 0.2) is 115 Å². The van der Waals surface area contributed by atoms with Crippen molar-refractivity contribution >= 4 is 39.3 Å². The summed E-state index contributed by atoms with van der Waals surface area (Å²) in [5.74, 6) is 0.932. The Morgan fingerprint density at radius 2 is 1.15 bits per heavy atom. The lowest BCUT2D eigenvalue weighted by atomic mass is 10.1. The molecule has 0 heterocycles. The van der Waals surface area contributed by atoms with Crippen LogP contribution < -0.4 is 26.0 Å². The van der Waals surface area contributed by atoms with Gasteiger partial charge >= 0.3 is 0 Å². The lowest BCUT2D eigenvalue weighted by Crippen LogP contribution is -2.39. The number of benzene rings is 5. The van der Waals surface area contributed by atoms with Crippen LogP contribution in [0.2, 0.25) is 0 Å². The Balaban J connectivity index is 1.98. The second-order valence-corrected chi connectivity index (χ2v) is 11.9. The van der Waals surface area contributed by atoms with Crippen LogP contribution in [0.5, 0.6) is 5.75 Å². The molecule has 5 rings (SSSR count). The third kappa shape index (κ3) is 3.73. The first-order chi connectivity index (χ1) is 16.1. The lowest BCUT2D eigenvalue weighted by molar-refractivity contribution is 0.418. The van der Waals surface area contributed by atoms with E-state index in [0.717, 1.165) is 5.75 Å². The number of fused-ring (bicyclic) bond motifs is 1. The van der Waals surface area contributed by atoms with Gasteiger partial charge < -0.3 is 4.74 Å². The van der Waals surface area contributed by atoms with Crippen molar-refractivity contribution in [1.29, 1.82) is 0 Å². The number of rotatable bonds is 5. The SMILES string of the molecule is COc1ccccc1[P+](c1ccccc1)(c1cc(C)cc(C)c1)c1ccc2ccccc2c1. The molecule has 0 fully saturated rings. The van der Waals surface area contributed by atoms with Crippen molar-refractivity contribution in [2.24, 2.45) is 0 Å². The molecule has 2 heteroatoms. The van der Waals surface area contributed by atoms with Crippen LogP contribution in [-0.2, 0) is 0 Å². The van der Waals surface area contributed by atoms with Crippen LogP contribution in [0.3, 0.4) is 0 Å². The van der Waals surface area contributed by atoms with Gasteiger partial charge in [0.15, 0.2) is 11.1 Å². The van der Waals surface area contributed by atoms with Crippen LogP contribution in [0.4, 0.5) is 0 Å². The molecule has 0 amide bonds. The van der Waals surface area contributed by atoms with Crippen LogP contribution in [0.25, 0.3) is 10.8 Å². The van der Waals surface area contributed by atoms with E-state index >= 15 is 0 Å². The van der Waals surface area contributed by atoms with Crippen molar-refractivity contribution in [3.05, 3.63) is 126 Å². The fraction of sp³-hybridized carbons (Fsp3) is 0.0968. The monoisotopic (exact) mass is 447 g/mol. The average molecular weight is 448 g/mol. The molecule has 0 saturated carbocycles. The number of ether oxygens (including phenoxy) is 1. The first-order valence-electron chi connectivity index (χ1n) is 11.3. The zero-order valence-corrected chi connectivity index (χ0v) is 20.2. The number of aryl methyl sites for hydroxylation is 2. The standard InChI is InChI=1S/C31H28OP/c1-23-19-24(2)21-29(20-23)33(27-13-5-4-6-14-27,31-16-10-9-15-30(31)32-3)28-18-17-25-11-7-8-12-26(25)22-28/h4-22H,1-3H3/q+1. The predicted octanol–water partition coefficient (Wildman–Crippen LogP) is 6.08. The van der Waals surface area contributed by atoms with Gasteiger partial charge in [0.2, 0.25) is 0 Å². The molecule has 33 heavy (non-hydrogen) atoms. The van der Waals surface area contributed by atoms with E-state index in [1.54, 1.807) is 7.11 Å². The third-order valence-corrected chi connectivity index (χ3v) is 10.6. The highest BCUT2D eigenvalue weighted by atomic mass is 31.2. The van der Waals surface area contributed by atoms with Crippen LogP contribution >= 0.6 is 7.26 Å². The largest absolute Gasteiger partial charge is 0.493 e. The van der Waals surface area contributed by atoms with Crippen LogP contribution in [0, 0.1) is 13.8 Å². The Hall–Kier alpha value is -3.41. The fourth-order valence-corrected chi connectivity index (χ4v) is 9.53. The quantitative estimate of drug-likeness (QED) is 0.297. The molecule has 0 radical (unpaired) electrons. The Morgan fingerprint density at radius 1 is 0.515 bits per heavy atom. The van der Waals surface area contributed by atoms with Crippen LogP contribution in [0.1, 0.15) is 11.1 Å². The van der Waals surface area contributed by atoms with Crippen molar-refractivity contribution in [3.8, 4) is 5.75 Å². The number of para-hydroxylation sites is 1. The molecule has 0 aliphatic carbocycles. The summed E-state index contributed by atoms with van der Waals surface area (Å²) in [6.07, 6.45) is 0. The van der Waals surface area contributed by atoms with Gasteiger partial charge in [-0.15, -0.1) is 0 Å². The smallest absolute Gasteiger partial charge is 0.162 e. The van der Waals surface area contributed by atoms with Gasteiger partial charge in [0.1, 0.15) is 23.2 Å². The highest BCUT2D eigenvalue weighted by molar-refractivity contribution is 8.01. The minimum absolute atomic E-state index is 0.932. The topological polar surface area (TPSA) is 9.23 Å². The summed E-state index contributed by atoms with van der Waals surface area (Å²) in [6, 6.07) is 42.1. The molecule has 0 N–H and O–H groups in total. The van der Waals surface area contributed by atoms with Crippen molar-refractivity contribution in [2.45, 2.75) is 13.8 Å². The minimum atomic E-state index is -2.24. The molecule has 1 nitrogen and oxygen atoms in total. The summed E-state index contributed by atoms with van der Waals surface area (Å²) in [5.41, 5.74) is 2.56. The molecular formula is C31H28OP+. The van der Waals surface area contributed by atoms with Gasteiger partial charge in [-0.25, -0.2) is 0 Å². The van der Waals surface area contributed by atoms with Gasteiger partial charge in [0.05, 0.1) is 7.11 Å². The molecule has 0 aliphatic rings. The fourth-order valence-electron chi connectivity index (χ4n) is 4.95. The van der Waals surface area contributed by atoms with E-state index in [2.05, 4.69) is 129 Å². The van der Waals surface area contributed by atoms with E-state index in [-0.39, 0.29) is 0 Å². The normalized spacial score (nSPS) is 12.9. The number of hydrogen-bond donors (Lipinski definition) is 0. The molecule has 162 valence electrons. The number of hydrogen-bond acceptors (Lipinski definition) is 1. The van der Waals surface area contributed by atoms with E-state index in [0.29, 0.717) is 0 Å². The van der Waals surface area contributed by atoms with Gasteiger partial charge in [-0.2, -0.15) is 0 Å². The molecule has 0 aliphatic heterocycles. The Bertz CT molecular complexity index is 1400. The van der Waals surface area contributed by atoms with E-state index in [1.165, 1.54) is 43.1 Å². The first-order valence-corrected chi connectivity index (χ1v) is 13.1. The molecule has 1 unspecified atom stereocenters. The Morgan fingerprint density at radius 3 is 1.88 bits per heavy atom. The van der Waals surface area contributed by atoms with Crippen molar-refractivity contribution in [3.63, 3.8) is 0 Å². The third-order valence-electron chi connectivity index (χ3n) is 6.30. The molecular weight excluding hydrogens is 419 g/mol. The Kier molecular flexibility index (Phi) is 5.75. The maximum absolute atomic E-state index is 5.99. The zero-order valence-electron chi connectivity index (χ0n) is 19.3. The summed E-state index contributed by atoms with van der Waals surface area (Å²) in [7, 11) is -0.465. The van der Waals surface area contributed by atoms with Gasteiger partial charge in [0.25, 0.3) is 0 Å². The Labute approximate surface area is 197 Å². The summed E-state index contributed by atoms with van der Waals surface area (Å²) in [5, 5.41) is 7.78. The maximum atomic E-state index is 5.99. The van der Waals surface area contributed by atoms with Crippen molar-refractivity contribution in [1.82, 2.24) is 0 Å². The minimum Gasteiger partial charge on any atom is -0.493 e. The summed E-state index contributed by atoms with van der Waals surface area (Å²) < 4.78 is 5.99. The molecule has 5 aromatic rings. The van der Waals surface area contributed by atoms with Crippen LogP contribution in [-0.4, -0.2) is 7.11 Å². The predicted molar refractivity (Wildman–Crippen MR) is 145 cm³/mol. The highest BCUT2D eigenvalue weighted by Gasteiger charge is 2.50. The highest BCUT2D eigenvalue weighted by Crippen LogP contribution is 2.56. The molecule has 1 atom stereocenters. The van der Waals surface area contributed by atoms with Gasteiger partial charge in [-0.05, 0) is 84.3 Å². The summed E-state index contributed by atoms with van der Waals surface area (Å²) in [4.78, 5) is 0. The van der Waals surface area contributed by atoms with Crippen molar-refractivity contribution < 1.29 is 4.74 Å². The zero-order chi connectivity index (χ0) is 22.8. The van der Waals surface area contributed by atoms with Gasteiger partial charge in [-0.1, -0.05) is 66.7 Å². The second kappa shape index (κ2) is 8.85. The lowest BCUT2D eigenvalue weighted by Gasteiger charge is -2.29. The average Bonchev–Trinajstić information content (AvgIpc) is 2.85. The van der Waals surface area contributed by atoms with Gasteiger partial charge in [0, 0.05) is 0 Å².